The summed E-state index contributed by atoms with van der Waals surface area (Å²) in [7, 11) is 1.58. The lowest BCUT2D eigenvalue weighted by Gasteiger charge is -2.17. The third kappa shape index (κ3) is 3.25. The van der Waals surface area contributed by atoms with E-state index in [1.807, 2.05) is 31.2 Å². The van der Waals surface area contributed by atoms with Crippen LogP contribution < -0.4 is 15.0 Å². The van der Waals surface area contributed by atoms with Gasteiger partial charge in [0.25, 0.3) is 5.91 Å². The first-order chi connectivity index (χ1) is 11.6. The third-order valence-electron chi connectivity index (χ3n) is 4.21. The van der Waals surface area contributed by atoms with E-state index in [9.17, 15) is 9.59 Å². The number of aryl methyl sites for hydroxylation is 1. The summed E-state index contributed by atoms with van der Waals surface area (Å²) in [5, 5.41) is 2.82. The first-order valence-electron chi connectivity index (χ1n) is 7.91. The summed E-state index contributed by atoms with van der Waals surface area (Å²) in [5.74, 6) is 0.372. The number of hydrogen-bond acceptors (Lipinski definition) is 3. The molecule has 5 heteroatoms. The number of nitrogens with one attached hydrogen (secondary N) is 1. The van der Waals surface area contributed by atoms with E-state index in [4.69, 9.17) is 4.74 Å². The average Bonchev–Trinajstić information content (AvgIpc) is 2.96. The van der Waals surface area contributed by atoms with Crippen molar-refractivity contribution in [3.05, 3.63) is 59.7 Å². The number of carbonyl (C=O) groups excluding carboxylic acids is 2. The summed E-state index contributed by atoms with van der Waals surface area (Å²) >= 11 is 0. The van der Waals surface area contributed by atoms with Crippen molar-refractivity contribution in [1.29, 1.82) is 0 Å². The van der Waals surface area contributed by atoms with Gasteiger partial charge in [0.05, 0.1) is 7.11 Å². The Morgan fingerprint density at radius 3 is 2.42 bits per heavy atom. The SMILES string of the molecule is COc1ccc(C(=O)N[C@@H]2CCN(c3ccc(C)cc3)C2=O)cc1. The Morgan fingerprint density at radius 2 is 1.79 bits per heavy atom. The molecule has 1 N–H and O–H groups in total. The molecule has 1 aliphatic rings. The van der Waals surface area contributed by atoms with Crippen molar-refractivity contribution in [3.63, 3.8) is 0 Å². The summed E-state index contributed by atoms with van der Waals surface area (Å²) in [6.45, 7) is 2.61. The first kappa shape index (κ1) is 16.1. The largest absolute Gasteiger partial charge is 0.497 e. The maximum absolute atomic E-state index is 12.5. The smallest absolute Gasteiger partial charge is 0.251 e. The van der Waals surface area contributed by atoms with E-state index in [2.05, 4.69) is 5.32 Å². The molecule has 0 radical (unpaired) electrons. The molecular weight excluding hydrogens is 304 g/mol. The highest BCUT2D eigenvalue weighted by Gasteiger charge is 2.33. The van der Waals surface area contributed by atoms with Crippen LogP contribution >= 0.6 is 0 Å². The lowest BCUT2D eigenvalue weighted by Crippen LogP contribution is -2.41. The summed E-state index contributed by atoms with van der Waals surface area (Å²) in [6.07, 6.45) is 0.606. The van der Waals surface area contributed by atoms with Crippen LogP contribution in [0.3, 0.4) is 0 Å². The van der Waals surface area contributed by atoms with Crippen LogP contribution in [0.4, 0.5) is 5.69 Å². The zero-order valence-electron chi connectivity index (χ0n) is 13.8. The monoisotopic (exact) mass is 324 g/mol. The molecule has 1 saturated heterocycles. The molecule has 0 unspecified atom stereocenters. The Balaban J connectivity index is 1.66. The summed E-state index contributed by atoms with van der Waals surface area (Å²) < 4.78 is 5.08. The van der Waals surface area contributed by atoms with Gasteiger partial charge in [0, 0.05) is 17.8 Å². The molecule has 1 aliphatic heterocycles. The fourth-order valence-electron chi connectivity index (χ4n) is 2.78. The van der Waals surface area contributed by atoms with Gasteiger partial charge in [-0.05, 0) is 49.7 Å². The average molecular weight is 324 g/mol. The number of benzene rings is 2. The molecule has 2 amide bonds. The predicted octanol–water partition coefficient (Wildman–Crippen LogP) is 2.54. The standard InChI is InChI=1S/C19H20N2O3/c1-13-3-7-15(8-4-13)21-12-11-17(19(21)23)20-18(22)14-5-9-16(24-2)10-6-14/h3-10,17H,11-12H2,1-2H3,(H,20,22)/t17-/m1/s1. The molecule has 124 valence electrons. The van der Waals surface area contributed by atoms with Crippen LogP contribution in [-0.2, 0) is 4.79 Å². The third-order valence-corrected chi connectivity index (χ3v) is 4.21. The van der Waals surface area contributed by atoms with Crippen LogP contribution in [0.5, 0.6) is 5.75 Å². The minimum atomic E-state index is -0.485. The van der Waals surface area contributed by atoms with Crippen LogP contribution in [-0.4, -0.2) is 31.5 Å². The molecule has 1 atom stereocenters. The van der Waals surface area contributed by atoms with Gasteiger partial charge in [0.2, 0.25) is 5.91 Å². The summed E-state index contributed by atoms with van der Waals surface area (Å²) in [6, 6.07) is 14.2. The Morgan fingerprint density at radius 1 is 1.12 bits per heavy atom. The second-order valence-corrected chi connectivity index (χ2v) is 5.87. The van der Waals surface area contributed by atoms with Gasteiger partial charge in [-0.2, -0.15) is 0 Å². The number of methoxy groups -OCH3 is 1. The minimum Gasteiger partial charge on any atom is -0.497 e. The number of nitrogens with zero attached hydrogens (tertiary/aromatic N) is 1. The number of rotatable bonds is 4. The van der Waals surface area contributed by atoms with Crippen LogP contribution in [0.1, 0.15) is 22.3 Å². The van der Waals surface area contributed by atoms with Crippen LogP contribution in [0.2, 0.25) is 0 Å². The first-order valence-corrected chi connectivity index (χ1v) is 7.91. The second-order valence-electron chi connectivity index (χ2n) is 5.87. The minimum absolute atomic E-state index is 0.0688. The molecule has 3 rings (SSSR count). The highest BCUT2D eigenvalue weighted by Crippen LogP contribution is 2.22. The number of carbonyl (C=O) groups is 2. The maximum atomic E-state index is 12.5. The molecule has 2 aromatic carbocycles. The fraction of sp³-hybridized carbons (Fsp3) is 0.263. The van der Waals surface area contributed by atoms with Gasteiger partial charge < -0.3 is 15.0 Å². The molecular formula is C19H20N2O3. The van der Waals surface area contributed by atoms with E-state index >= 15 is 0 Å². The number of ether oxygens (including phenoxy) is 1. The molecule has 1 fully saturated rings. The quantitative estimate of drug-likeness (QED) is 0.940. The molecule has 0 saturated carbocycles. The van der Waals surface area contributed by atoms with Crippen molar-refractivity contribution < 1.29 is 14.3 Å². The number of hydrogen-bond donors (Lipinski definition) is 1. The Kier molecular flexibility index (Phi) is 4.51. The second kappa shape index (κ2) is 6.74. The lowest BCUT2D eigenvalue weighted by molar-refractivity contribution is -0.118. The van der Waals surface area contributed by atoms with Gasteiger partial charge in [-0.1, -0.05) is 17.7 Å². The van der Waals surface area contributed by atoms with E-state index in [1.54, 1.807) is 36.3 Å². The molecule has 0 aromatic heterocycles. The van der Waals surface area contributed by atoms with Gasteiger partial charge >= 0.3 is 0 Å². The van der Waals surface area contributed by atoms with Gasteiger partial charge in [0.15, 0.2) is 0 Å². The van der Waals surface area contributed by atoms with Crippen molar-refractivity contribution in [2.24, 2.45) is 0 Å². The summed E-state index contributed by atoms with van der Waals surface area (Å²) in [4.78, 5) is 26.6. The predicted molar refractivity (Wildman–Crippen MR) is 92.4 cm³/mol. The van der Waals surface area contributed by atoms with Crippen LogP contribution in [0.15, 0.2) is 48.5 Å². The Labute approximate surface area is 141 Å². The molecule has 0 bridgehead atoms. The topological polar surface area (TPSA) is 58.6 Å². The molecule has 1 heterocycles. The van der Waals surface area contributed by atoms with Crippen molar-refractivity contribution >= 4 is 17.5 Å². The molecule has 0 aliphatic carbocycles. The van der Waals surface area contributed by atoms with E-state index in [1.165, 1.54) is 0 Å². The zero-order valence-corrected chi connectivity index (χ0v) is 13.8. The van der Waals surface area contributed by atoms with Crippen molar-refractivity contribution in [2.45, 2.75) is 19.4 Å². The van der Waals surface area contributed by atoms with Crippen LogP contribution in [0.25, 0.3) is 0 Å². The van der Waals surface area contributed by atoms with Gasteiger partial charge in [-0.15, -0.1) is 0 Å². The Bertz CT molecular complexity index is 738. The van der Waals surface area contributed by atoms with E-state index in [-0.39, 0.29) is 11.8 Å². The van der Waals surface area contributed by atoms with Crippen LogP contribution in [0, 0.1) is 6.92 Å². The van der Waals surface area contributed by atoms with Crippen molar-refractivity contribution in [3.8, 4) is 5.75 Å². The summed E-state index contributed by atoms with van der Waals surface area (Å²) in [5.41, 5.74) is 2.53. The van der Waals surface area contributed by atoms with E-state index in [0.29, 0.717) is 24.3 Å². The van der Waals surface area contributed by atoms with Crippen molar-refractivity contribution in [2.75, 3.05) is 18.6 Å². The van der Waals surface area contributed by atoms with Crippen molar-refractivity contribution in [1.82, 2.24) is 5.32 Å². The lowest BCUT2D eigenvalue weighted by atomic mass is 10.1. The number of amides is 2. The molecule has 0 spiro atoms. The maximum Gasteiger partial charge on any atom is 0.251 e. The van der Waals surface area contributed by atoms with E-state index in [0.717, 1.165) is 11.3 Å². The van der Waals surface area contributed by atoms with Gasteiger partial charge in [-0.3, -0.25) is 9.59 Å². The molecule has 24 heavy (non-hydrogen) atoms. The highest BCUT2D eigenvalue weighted by atomic mass is 16.5. The van der Waals surface area contributed by atoms with Gasteiger partial charge in [-0.25, -0.2) is 0 Å². The number of anilines is 1. The highest BCUT2D eigenvalue weighted by molar-refractivity contribution is 6.03. The fourth-order valence-corrected chi connectivity index (χ4v) is 2.78. The Hall–Kier alpha value is -2.82. The van der Waals surface area contributed by atoms with E-state index < -0.39 is 6.04 Å². The molecule has 2 aromatic rings. The molecule has 5 nitrogen and oxygen atoms in total. The normalized spacial score (nSPS) is 17.0. The van der Waals surface area contributed by atoms with Gasteiger partial charge in [0.1, 0.15) is 11.8 Å². The zero-order chi connectivity index (χ0) is 17.1.